The molecule has 3 rings (SSSR count). The fraction of sp³-hybridized carbons (Fsp3) is 0.708. The van der Waals surface area contributed by atoms with E-state index in [1.165, 1.54) is 64.1 Å². The topological polar surface area (TPSA) is 46.1 Å². The molecule has 1 atom stereocenters. The Morgan fingerprint density at radius 1 is 1.03 bits per heavy atom. The molecule has 0 amide bonds. The highest BCUT2D eigenvalue weighted by atomic mass is 15.2. The quantitative estimate of drug-likeness (QED) is 0.369. The monoisotopic (exact) mass is 414 g/mol. The number of rotatable bonds is 9. The second kappa shape index (κ2) is 12.9. The zero-order valence-corrected chi connectivity index (χ0v) is 19.2. The third kappa shape index (κ3) is 7.89. The van der Waals surface area contributed by atoms with Crippen LogP contribution in [0.25, 0.3) is 0 Å². The van der Waals surface area contributed by atoms with Gasteiger partial charge in [-0.3, -0.25) is 9.89 Å². The fourth-order valence-electron chi connectivity index (χ4n) is 4.50. The molecule has 2 aliphatic rings. The molecule has 2 aliphatic heterocycles. The number of likely N-dealkylation sites (N-methyl/N-ethyl adjacent to an activating group) is 1. The van der Waals surface area contributed by atoms with Crippen molar-refractivity contribution in [1.82, 2.24) is 25.3 Å². The highest BCUT2D eigenvalue weighted by molar-refractivity contribution is 5.79. The maximum absolute atomic E-state index is 4.93. The third-order valence-corrected chi connectivity index (χ3v) is 6.29. The molecule has 0 spiro atoms. The van der Waals surface area contributed by atoms with Crippen LogP contribution in [0.4, 0.5) is 0 Å². The first kappa shape index (κ1) is 23.0. The van der Waals surface area contributed by atoms with E-state index in [1.54, 1.807) is 0 Å². The molecule has 0 bridgehead atoms. The molecule has 2 saturated heterocycles. The predicted octanol–water partition coefficient (Wildman–Crippen LogP) is 2.23. The molecule has 0 aromatic heterocycles. The van der Waals surface area contributed by atoms with Crippen molar-refractivity contribution in [2.45, 2.75) is 45.2 Å². The highest BCUT2D eigenvalue weighted by Crippen LogP contribution is 2.20. The molecule has 0 radical (unpaired) electrons. The molecule has 6 heteroatoms. The Morgan fingerprint density at radius 3 is 2.73 bits per heavy atom. The lowest BCUT2D eigenvalue weighted by Gasteiger charge is -2.24. The summed E-state index contributed by atoms with van der Waals surface area (Å²) in [7, 11) is 2.23. The van der Waals surface area contributed by atoms with Gasteiger partial charge in [0.2, 0.25) is 0 Å². The molecule has 0 saturated carbocycles. The second-order valence-corrected chi connectivity index (χ2v) is 8.75. The number of guanidine groups is 1. The predicted molar refractivity (Wildman–Crippen MR) is 127 cm³/mol. The Morgan fingerprint density at radius 2 is 1.90 bits per heavy atom. The van der Waals surface area contributed by atoms with Gasteiger partial charge in [0.25, 0.3) is 0 Å². The van der Waals surface area contributed by atoms with E-state index in [0.717, 1.165) is 38.6 Å². The van der Waals surface area contributed by atoms with E-state index in [1.807, 2.05) is 0 Å². The van der Waals surface area contributed by atoms with E-state index in [9.17, 15) is 0 Å². The van der Waals surface area contributed by atoms with Gasteiger partial charge in [-0.1, -0.05) is 30.3 Å². The van der Waals surface area contributed by atoms with Crippen LogP contribution in [-0.4, -0.2) is 92.7 Å². The molecule has 1 aromatic rings. The van der Waals surface area contributed by atoms with Crippen LogP contribution in [0.2, 0.25) is 0 Å². The third-order valence-electron chi connectivity index (χ3n) is 6.29. The largest absolute Gasteiger partial charge is 0.357 e. The lowest BCUT2D eigenvalue weighted by atomic mass is 10.2. The van der Waals surface area contributed by atoms with Gasteiger partial charge >= 0.3 is 0 Å². The van der Waals surface area contributed by atoms with Crippen molar-refractivity contribution in [2.24, 2.45) is 4.99 Å². The zero-order chi connectivity index (χ0) is 21.0. The summed E-state index contributed by atoms with van der Waals surface area (Å²) < 4.78 is 0. The molecule has 1 aromatic carbocycles. The molecule has 2 fully saturated rings. The second-order valence-electron chi connectivity index (χ2n) is 8.75. The van der Waals surface area contributed by atoms with Gasteiger partial charge in [-0.2, -0.15) is 0 Å². The molecule has 1 unspecified atom stereocenters. The Kier molecular flexibility index (Phi) is 9.93. The Bertz CT molecular complexity index is 619. The fourth-order valence-corrected chi connectivity index (χ4v) is 4.50. The summed E-state index contributed by atoms with van der Waals surface area (Å²) in [5.41, 5.74) is 1.40. The molecule has 30 heavy (non-hydrogen) atoms. The minimum Gasteiger partial charge on any atom is -0.357 e. The van der Waals surface area contributed by atoms with Gasteiger partial charge in [0.05, 0.1) is 6.54 Å². The van der Waals surface area contributed by atoms with Crippen molar-refractivity contribution in [3.63, 3.8) is 0 Å². The Hall–Kier alpha value is -1.63. The van der Waals surface area contributed by atoms with Crippen molar-refractivity contribution in [2.75, 3.05) is 66.0 Å². The number of likely N-dealkylation sites (tertiary alicyclic amines) is 1. The first-order chi connectivity index (χ1) is 14.7. The van der Waals surface area contributed by atoms with Crippen molar-refractivity contribution >= 4 is 5.96 Å². The number of benzene rings is 1. The van der Waals surface area contributed by atoms with Crippen LogP contribution in [0.15, 0.2) is 35.3 Å². The zero-order valence-electron chi connectivity index (χ0n) is 19.2. The molecular formula is C24H42N6. The molecular weight excluding hydrogens is 372 g/mol. The van der Waals surface area contributed by atoms with Gasteiger partial charge in [-0.05, 0) is 71.4 Å². The van der Waals surface area contributed by atoms with Crippen molar-refractivity contribution in [1.29, 1.82) is 0 Å². The number of hydrogen-bond donors (Lipinski definition) is 2. The van der Waals surface area contributed by atoms with Gasteiger partial charge in [-0.25, -0.2) is 0 Å². The minimum absolute atomic E-state index is 0.551. The van der Waals surface area contributed by atoms with Crippen LogP contribution in [0.5, 0.6) is 0 Å². The molecule has 168 valence electrons. The Labute approximate surface area is 183 Å². The van der Waals surface area contributed by atoms with Crippen LogP contribution >= 0.6 is 0 Å². The van der Waals surface area contributed by atoms with E-state index < -0.39 is 0 Å². The van der Waals surface area contributed by atoms with E-state index in [2.05, 4.69) is 69.6 Å². The summed E-state index contributed by atoms with van der Waals surface area (Å²) in [6.07, 6.45) is 4.98. The van der Waals surface area contributed by atoms with Gasteiger partial charge in [-0.15, -0.1) is 0 Å². The number of aliphatic imine (C=N–C) groups is 1. The molecule has 2 N–H and O–H groups in total. The normalized spacial score (nSPS) is 22.2. The number of nitrogens with zero attached hydrogens (tertiary/aromatic N) is 4. The smallest absolute Gasteiger partial charge is 0.191 e. The van der Waals surface area contributed by atoms with Crippen LogP contribution in [0, 0.1) is 0 Å². The molecule has 6 nitrogen and oxygen atoms in total. The van der Waals surface area contributed by atoms with Gasteiger partial charge < -0.3 is 20.4 Å². The van der Waals surface area contributed by atoms with Crippen LogP contribution < -0.4 is 10.6 Å². The van der Waals surface area contributed by atoms with E-state index in [-0.39, 0.29) is 0 Å². The molecule has 0 aliphatic carbocycles. The minimum atomic E-state index is 0.551. The number of hydrogen-bond acceptors (Lipinski definition) is 4. The highest BCUT2D eigenvalue weighted by Gasteiger charge is 2.24. The van der Waals surface area contributed by atoms with E-state index in [4.69, 9.17) is 4.99 Å². The van der Waals surface area contributed by atoms with Crippen LogP contribution in [0.3, 0.4) is 0 Å². The maximum atomic E-state index is 4.93. The average Bonchev–Trinajstić information content (AvgIpc) is 3.09. The first-order valence-corrected chi connectivity index (χ1v) is 12.0. The Balaban J connectivity index is 1.41. The average molecular weight is 415 g/mol. The molecule has 2 heterocycles. The SMILES string of the molecule is CCNC(=NCC1CCCN1Cc1ccccc1)NCCCN1CCCN(C)CC1. The standard InChI is InChI=1S/C24H42N6/c1-3-25-24(26-13-8-15-29-16-9-14-28(2)18-19-29)27-20-23-12-7-17-30(23)21-22-10-5-4-6-11-22/h4-6,10-11,23H,3,7-9,12-21H2,1-2H3,(H2,25,26,27). The van der Waals surface area contributed by atoms with Crippen molar-refractivity contribution < 1.29 is 0 Å². The van der Waals surface area contributed by atoms with Gasteiger partial charge in [0.1, 0.15) is 0 Å². The van der Waals surface area contributed by atoms with Crippen molar-refractivity contribution in [3.05, 3.63) is 35.9 Å². The van der Waals surface area contributed by atoms with Crippen molar-refractivity contribution in [3.8, 4) is 0 Å². The van der Waals surface area contributed by atoms with Crippen LogP contribution in [-0.2, 0) is 6.54 Å². The number of nitrogens with one attached hydrogen (secondary N) is 2. The first-order valence-electron chi connectivity index (χ1n) is 12.0. The van der Waals surface area contributed by atoms with E-state index >= 15 is 0 Å². The van der Waals surface area contributed by atoms with Crippen LogP contribution in [0.1, 0.15) is 38.2 Å². The maximum Gasteiger partial charge on any atom is 0.191 e. The lowest BCUT2D eigenvalue weighted by molar-refractivity contribution is 0.250. The summed E-state index contributed by atoms with van der Waals surface area (Å²) in [6, 6.07) is 11.4. The van der Waals surface area contributed by atoms with Gasteiger partial charge in [0.15, 0.2) is 5.96 Å². The lowest BCUT2D eigenvalue weighted by Crippen LogP contribution is -2.40. The van der Waals surface area contributed by atoms with Gasteiger partial charge in [0, 0.05) is 38.8 Å². The summed E-state index contributed by atoms with van der Waals surface area (Å²) in [4.78, 5) is 12.6. The summed E-state index contributed by atoms with van der Waals surface area (Å²) in [5, 5.41) is 6.98. The summed E-state index contributed by atoms with van der Waals surface area (Å²) in [6.45, 7) is 13.2. The summed E-state index contributed by atoms with van der Waals surface area (Å²) in [5.74, 6) is 0.972. The summed E-state index contributed by atoms with van der Waals surface area (Å²) >= 11 is 0. The van der Waals surface area contributed by atoms with E-state index in [0.29, 0.717) is 6.04 Å².